The van der Waals surface area contributed by atoms with E-state index in [1.807, 2.05) is 26.8 Å². The molecule has 0 fully saturated rings. The molecule has 0 aromatic heterocycles. The van der Waals surface area contributed by atoms with Crippen molar-refractivity contribution in [1.82, 2.24) is 0 Å². The van der Waals surface area contributed by atoms with Crippen LogP contribution in [0.3, 0.4) is 0 Å². The molecule has 3 rings (SSSR count). The van der Waals surface area contributed by atoms with Crippen LogP contribution in [-0.2, 0) is 4.75 Å². The van der Waals surface area contributed by atoms with Crippen molar-refractivity contribution < 1.29 is 18.0 Å². The van der Waals surface area contributed by atoms with Crippen molar-refractivity contribution in [3.8, 4) is 0 Å². The Morgan fingerprint density at radius 3 is 2.19 bits per heavy atom. The SMILES string of the molecule is CC(=O)c1ccc(C2=CSC(c3cc(C)cc(C)c3)(C(F)(F)F)C2)cc1C. The molecule has 142 valence electrons. The van der Waals surface area contributed by atoms with Gasteiger partial charge in [-0.25, -0.2) is 0 Å². The third kappa shape index (κ3) is 3.57. The van der Waals surface area contributed by atoms with Crippen LogP contribution in [-0.4, -0.2) is 12.0 Å². The molecular formula is C22H21F3OS. The molecule has 0 bridgehead atoms. The Balaban J connectivity index is 2.02. The molecule has 0 spiro atoms. The zero-order valence-electron chi connectivity index (χ0n) is 15.7. The van der Waals surface area contributed by atoms with Gasteiger partial charge < -0.3 is 0 Å². The molecule has 1 aliphatic rings. The van der Waals surface area contributed by atoms with E-state index in [-0.39, 0.29) is 12.2 Å². The van der Waals surface area contributed by atoms with Crippen LogP contribution in [0.4, 0.5) is 13.2 Å². The average Bonchev–Trinajstić information content (AvgIpc) is 3.00. The quantitative estimate of drug-likeness (QED) is 0.539. The summed E-state index contributed by atoms with van der Waals surface area (Å²) in [7, 11) is 0. The first-order chi connectivity index (χ1) is 12.5. The molecule has 1 unspecified atom stereocenters. The molecule has 27 heavy (non-hydrogen) atoms. The maximum Gasteiger partial charge on any atom is 0.407 e. The Kier molecular flexibility index (Phi) is 5.02. The lowest BCUT2D eigenvalue weighted by Crippen LogP contribution is -2.37. The van der Waals surface area contributed by atoms with Crippen LogP contribution in [0.25, 0.3) is 5.57 Å². The summed E-state index contributed by atoms with van der Waals surface area (Å²) in [5, 5.41) is 1.62. The number of aryl methyl sites for hydroxylation is 3. The Morgan fingerprint density at radius 2 is 1.67 bits per heavy atom. The highest BCUT2D eigenvalue weighted by Gasteiger charge is 2.58. The van der Waals surface area contributed by atoms with Gasteiger partial charge in [-0.3, -0.25) is 4.79 Å². The second-order valence-electron chi connectivity index (χ2n) is 7.22. The van der Waals surface area contributed by atoms with Crippen molar-refractivity contribution in [2.24, 2.45) is 0 Å². The van der Waals surface area contributed by atoms with E-state index in [9.17, 15) is 18.0 Å². The molecule has 0 saturated carbocycles. The summed E-state index contributed by atoms with van der Waals surface area (Å²) in [6.45, 7) is 6.93. The number of ketones is 1. The monoisotopic (exact) mass is 390 g/mol. The van der Waals surface area contributed by atoms with Crippen LogP contribution in [0.2, 0.25) is 0 Å². The zero-order valence-corrected chi connectivity index (χ0v) is 16.5. The minimum atomic E-state index is -4.38. The molecule has 1 atom stereocenters. The molecule has 0 N–H and O–H groups in total. The predicted molar refractivity (Wildman–Crippen MR) is 105 cm³/mol. The summed E-state index contributed by atoms with van der Waals surface area (Å²) >= 11 is 0.833. The normalized spacial score (nSPS) is 19.9. The van der Waals surface area contributed by atoms with Gasteiger partial charge in [0.2, 0.25) is 0 Å². The fourth-order valence-electron chi connectivity index (χ4n) is 3.66. The van der Waals surface area contributed by atoms with Gasteiger partial charge in [-0.2, -0.15) is 13.2 Å². The standard InChI is InChI=1S/C22H21F3OS/c1-13-7-14(2)9-19(8-13)21(22(23,24)25)11-18(12-27-21)17-5-6-20(16(4)26)15(3)10-17/h5-10,12H,11H2,1-4H3. The summed E-state index contributed by atoms with van der Waals surface area (Å²) < 4.78 is 40.6. The summed E-state index contributed by atoms with van der Waals surface area (Å²) in [4.78, 5) is 11.6. The molecule has 2 aromatic rings. The van der Waals surface area contributed by atoms with Crippen molar-refractivity contribution in [2.45, 2.75) is 45.0 Å². The molecule has 0 radical (unpaired) electrons. The first-order valence-electron chi connectivity index (χ1n) is 8.68. The zero-order chi connectivity index (χ0) is 20.0. The number of hydrogen-bond donors (Lipinski definition) is 0. The van der Waals surface area contributed by atoms with Crippen LogP contribution in [0.15, 0.2) is 41.8 Å². The summed E-state index contributed by atoms with van der Waals surface area (Å²) in [6.07, 6.45) is -4.51. The maximum atomic E-state index is 14.2. The largest absolute Gasteiger partial charge is 0.407 e. The number of halogens is 3. The number of hydrogen-bond acceptors (Lipinski definition) is 2. The summed E-state index contributed by atoms with van der Waals surface area (Å²) in [5.41, 5.74) is 4.70. The molecule has 0 aliphatic carbocycles. The fourth-order valence-corrected chi connectivity index (χ4v) is 4.85. The van der Waals surface area contributed by atoms with E-state index in [2.05, 4.69) is 0 Å². The Morgan fingerprint density at radius 1 is 1.04 bits per heavy atom. The smallest absolute Gasteiger partial charge is 0.295 e. The second kappa shape index (κ2) is 6.86. The van der Waals surface area contributed by atoms with E-state index < -0.39 is 10.9 Å². The number of Topliss-reactive ketones (excluding diaryl/α,β-unsaturated/α-hetero) is 1. The number of benzene rings is 2. The molecule has 0 amide bonds. The lowest BCUT2D eigenvalue weighted by molar-refractivity contribution is -0.160. The molecule has 1 aliphatic heterocycles. The third-order valence-electron chi connectivity index (χ3n) is 4.96. The van der Waals surface area contributed by atoms with Gasteiger partial charge in [-0.15, -0.1) is 11.8 Å². The number of carbonyl (C=O) groups is 1. The first-order valence-corrected chi connectivity index (χ1v) is 9.56. The highest BCUT2D eigenvalue weighted by molar-refractivity contribution is 8.03. The molecule has 1 heterocycles. The molecular weight excluding hydrogens is 369 g/mol. The van der Waals surface area contributed by atoms with Gasteiger partial charge in [0.1, 0.15) is 4.75 Å². The fraction of sp³-hybridized carbons (Fsp3) is 0.318. The van der Waals surface area contributed by atoms with Crippen LogP contribution in [0.1, 0.15) is 51.5 Å². The van der Waals surface area contributed by atoms with Crippen LogP contribution in [0.5, 0.6) is 0 Å². The predicted octanol–water partition coefficient (Wildman–Crippen LogP) is 6.75. The number of allylic oxidation sites excluding steroid dienone is 1. The van der Waals surface area contributed by atoms with Crippen molar-refractivity contribution in [2.75, 3.05) is 0 Å². The van der Waals surface area contributed by atoms with Gasteiger partial charge in [0.05, 0.1) is 0 Å². The minimum Gasteiger partial charge on any atom is -0.295 e. The number of alkyl halides is 3. The average molecular weight is 390 g/mol. The van der Waals surface area contributed by atoms with E-state index >= 15 is 0 Å². The summed E-state index contributed by atoms with van der Waals surface area (Å²) in [6, 6.07) is 10.4. The van der Waals surface area contributed by atoms with E-state index in [4.69, 9.17) is 0 Å². The van der Waals surface area contributed by atoms with Crippen LogP contribution in [0, 0.1) is 20.8 Å². The van der Waals surface area contributed by atoms with Crippen molar-refractivity contribution in [3.63, 3.8) is 0 Å². The highest BCUT2D eigenvalue weighted by atomic mass is 32.2. The van der Waals surface area contributed by atoms with Gasteiger partial charge in [0.15, 0.2) is 5.78 Å². The van der Waals surface area contributed by atoms with Crippen LogP contribution < -0.4 is 0 Å². The number of thioether (sulfide) groups is 1. The minimum absolute atomic E-state index is 0.0475. The maximum absolute atomic E-state index is 14.2. The van der Waals surface area contributed by atoms with Gasteiger partial charge in [0, 0.05) is 12.0 Å². The second-order valence-corrected chi connectivity index (χ2v) is 8.39. The number of rotatable bonds is 3. The van der Waals surface area contributed by atoms with Gasteiger partial charge in [0.25, 0.3) is 0 Å². The van der Waals surface area contributed by atoms with Crippen molar-refractivity contribution in [3.05, 3.63) is 75.2 Å². The Bertz CT molecular complexity index is 923. The van der Waals surface area contributed by atoms with E-state index in [0.717, 1.165) is 34.0 Å². The van der Waals surface area contributed by atoms with Crippen molar-refractivity contribution >= 4 is 23.1 Å². The van der Waals surface area contributed by atoms with E-state index in [0.29, 0.717) is 16.7 Å². The van der Waals surface area contributed by atoms with Crippen molar-refractivity contribution in [1.29, 1.82) is 0 Å². The lowest BCUT2D eigenvalue weighted by atomic mass is 9.86. The molecule has 5 heteroatoms. The lowest BCUT2D eigenvalue weighted by Gasteiger charge is -2.32. The molecule has 1 nitrogen and oxygen atoms in total. The molecule has 0 saturated heterocycles. The van der Waals surface area contributed by atoms with Gasteiger partial charge >= 0.3 is 6.18 Å². The Labute approximate surface area is 161 Å². The van der Waals surface area contributed by atoms with E-state index in [1.165, 1.54) is 6.92 Å². The first kappa shape index (κ1) is 19.7. The van der Waals surface area contributed by atoms with Crippen LogP contribution >= 0.6 is 11.8 Å². The Hall–Kier alpha value is -2.01. The van der Waals surface area contributed by atoms with E-state index in [1.54, 1.807) is 35.7 Å². The molecule has 2 aromatic carbocycles. The van der Waals surface area contributed by atoms with Gasteiger partial charge in [-0.1, -0.05) is 47.5 Å². The van der Waals surface area contributed by atoms with Gasteiger partial charge in [-0.05, 0) is 55.4 Å². The number of carbonyl (C=O) groups excluding carboxylic acids is 1. The summed E-state index contributed by atoms with van der Waals surface area (Å²) in [5.74, 6) is -0.0475. The highest BCUT2D eigenvalue weighted by Crippen LogP contribution is 2.59. The topological polar surface area (TPSA) is 17.1 Å². The third-order valence-corrected chi connectivity index (χ3v) is 6.38.